The molecule has 2 nitrogen and oxygen atoms in total. The Morgan fingerprint density at radius 3 is 2.75 bits per heavy atom. The van der Waals surface area contributed by atoms with E-state index in [1.165, 1.54) is 5.56 Å². The summed E-state index contributed by atoms with van der Waals surface area (Å²) >= 11 is 0. The van der Waals surface area contributed by atoms with Crippen molar-refractivity contribution in [3.05, 3.63) is 29.6 Å². The second kappa shape index (κ2) is 2.97. The van der Waals surface area contributed by atoms with Crippen LogP contribution in [0, 0.1) is 13.8 Å². The maximum atomic E-state index is 4.30. The van der Waals surface area contributed by atoms with Gasteiger partial charge in [-0.05, 0) is 31.5 Å². The Bertz CT molecular complexity index is 388. The standard InChI is InChI=1S/C9H10N2.CH4/c1-6-3-4-8-9(5-6)11-7(2)10-8;/h3-5H,1-2H3,(H,10,11);1H4. The molecule has 64 valence electrons. The van der Waals surface area contributed by atoms with Crippen LogP contribution in [0.5, 0.6) is 0 Å². The fourth-order valence-corrected chi connectivity index (χ4v) is 1.25. The highest BCUT2D eigenvalue weighted by molar-refractivity contribution is 5.75. The molecule has 2 heteroatoms. The average molecular weight is 162 g/mol. The number of H-pyrrole nitrogens is 1. The van der Waals surface area contributed by atoms with Gasteiger partial charge in [0.25, 0.3) is 0 Å². The lowest BCUT2D eigenvalue weighted by Gasteiger charge is -1.89. The highest BCUT2D eigenvalue weighted by atomic mass is 14.9. The normalized spacial score (nSPS) is 9.83. The van der Waals surface area contributed by atoms with Crippen molar-refractivity contribution in [1.29, 1.82) is 0 Å². The molecule has 0 radical (unpaired) electrons. The van der Waals surface area contributed by atoms with Gasteiger partial charge in [0.2, 0.25) is 0 Å². The zero-order chi connectivity index (χ0) is 7.84. The van der Waals surface area contributed by atoms with Gasteiger partial charge >= 0.3 is 0 Å². The Kier molecular flexibility index (Phi) is 2.18. The molecule has 2 aromatic rings. The number of hydrogen-bond acceptors (Lipinski definition) is 1. The van der Waals surface area contributed by atoms with E-state index in [9.17, 15) is 0 Å². The molecule has 0 aliphatic heterocycles. The number of fused-ring (bicyclic) bond motifs is 1. The summed E-state index contributed by atoms with van der Waals surface area (Å²) in [6.45, 7) is 4.05. The largest absolute Gasteiger partial charge is 0.342 e. The first-order chi connectivity index (χ1) is 5.25. The summed E-state index contributed by atoms with van der Waals surface area (Å²) in [6, 6.07) is 6.21. The van der Waals surface area contributed by atoms with Gasteiger partial charge in [-0.15, -0.1) is 0 Å². The first kappa shape index (κ1) is 8.78. The van der Waals surface area contributed by atoms with Gasteiger partial charge in [-0.2, -0.15) is 0 Å². The quantitative estimate of drug-likeness (QED) is 0.634. The SMILES string of the molecule is C.Cc1ccc2nc(C)[nH]c2c1. The zero-order valence-corrected chi connectivity index (χ0v) is 6.68. The molecule has 0 spiro atoms. The number of nitrogens with one attached hydrogen (secondary N) is 1. The number of imidazole rings is 1. The van der Waals surface area contributed by atoms with Gasteiger partial charge in [-0.1, -0.05) is 13.5 Å². The van der Waals surface area contributed by atoms with Crippen LogP contribution in [0.15, 0.2) is 18.2 Å². The number of aryl methyl sites for hydroxylation is 2. The second-order valence-corrected chi connectivity index (χ2v) is 2.84. The molecule has 0 unspecified atom stereocenters. The Hall–Kier alpha value is -1.31. The van der Waals surface area contributed by atoms with Gasteiger partial charge in [0.15, 0.2) is 0 Å². The lowest BCUT2D eigenvalue weighted by Crippen LogP contribution is -1.71. The van der Waals surface area contributed by atoms with E-state index in [1.807, 2.05) is 13.0 Å². The summed E-state index contributed by atoms with van der Waals surface area (Å²) < 4.78 is 0. The molecular formula is C10H14N2. The molecule has 1 N–H and O–H groups in total. The molecule has 0 amide bonds. The monoisotopic (exact) mass is 162 g/mol. The van der Waals surface area contributed by atoms with Crippen LogP contribution >= 0.6 is 0 Å². The smallest absolute Gasteiger partial charge is 0.104 e. The van der Waals surface area contributed by atoms with Gasteiger partial charge < -0.3 is 4.98 Å². The molecule has 0 fully saturated rings. The maximum Gasteiger partial charge on any atom is 0.104 e. The van der Waals surface area contributed by atoms with Crippen LogP contribution in [0.2, 0.25) is 0 Å². The van der Waals surface area contributed by atoms with E-state index in [2.05, 4.69) is 29.0 Å². The van der Waals surface area contributed by atoms with Crippen molar-refractivity contribution < 1.29 is 0 Å². The Balaban J connectivity index is 0.000000720. The summed E-state index contributed by atoms with van der Waals surface area (Å²) in [5.74, 6) is 0.977. The lowest BCUT2D eigenvalue weighted by atomic mass is 10.2. The van der Waals surface area contributed by atoms with Crippen LogP contribution in [0.25, 0.3) is 11.0 Å². The van der Waals surface area contributed by atoms with Crippen molar-refractivity contribution in [2.75, 3.05) is 0 Å². The third-order valence-corrected chi connectivity index (χ3v) is 1.76. The Morgan fingerprint density at radius 2 is 2.00 bits per heavy atom. The number of rotatable bonds is 0. The van der Waals surface area contributed by atoms with Crippen molar-refractivity contribution in [1.82, 2.24) is 9.97 Å². The fourth-order valence-electron chi connectivity index (χ4n) is 1.25. The molecule has 2 rings (SSSR count). The molecule has 0 atom stereocenters. The summed E-state index contributed by atoms with van der Waals surface area (Å²) in [4.78, 5) is 7.49. The van der Waals surface area contributed by atoms with Crippen LogP contribution in [-0.2, 0) is 0 Å². The molecule has 0 bridgehead atoms. The minimum absolute atomic E-state index is 0. The number of benzene rings is 1. The van der Waals surface area contributed by atoms with Gasteiger partial charge in [-0.3, -0.25) is 0 Å². The minimum Gasteiger partial charge on any atom is -0.342 e. The van der Waals surface area contributed by atoms with Crippen LogP contribution < -0.4 is 0 Å². The van der Waals surface area contributed by atoms with Crippen molar-refractivity contribution >= 4 is 11.0 Å². The number of hydrogen-bond donors (Lipinski definition) is 1. The Labute approximate surface area is 72.6 Å². The van der Waals surface area contributed by atoms with Gasteiger partial charge in [0.05, 0.1) is 11.0 Å². The summed E-state index contributed by atoms with van der Waals surface area (Å²) in [6.07, 6.45) is 0. The highest BCUT2D eigenvalue weighted by Crippen LogP contribution is 2.12. The highest BCUT2D eigenvalue weighted by Gasteiger charge is 1.96. The maximum absolute atomic E-state index is 4.30. The average Bonchev–Trinajstić information content (AvgIpc) is 2.27. The first-order valence-electron chi connectivity index (χ1n) is 3.69. The third kappa shape index (κ3) is 1.33. The van der Waals surface area contributed by atoms with Crippen LogP contribution in [-0.4, -0.2) is 9.97 Å². The lowest BCUT2D eigenvalue weighted by molar-refractivity contribution is 1.17. The molecule has 0 aliphatic rings. The molecule has 1 heterocycles. The third-order valence-electron chi connectivity index (χ3n) is 1.76. The number of aromatic nitrogens is 2. The first-order valence-corrected chi connectivity index (χ1v) is 3.69. The fraction of sp³-hybridized carbons (Fsp3) is 0.300. The minimum atomic E-state index is 0. The summed E-state index contributed by atoms with van der Waals surface area (Å²) in [5, 5.41) is 0. The Morgan fingerprint density at radius 1 is 1.25 bits per heavy atom. The van der Waals surface area contributed by atoms with Crippen molar-refractivity contribution in [3.8, 4) is 0 Å². The number of nitrogens with zero attached hydrogens (tertiary/aromatic N) is 1. The van der Waals surface area contributed by atoms with E-state index < -0.39 is 0 Å². The van der Waals surface area contributed by atoms with Gasteiger partial charge in [-0.25, -0.2) is 4.98 Å². The topological polar surface area (TPSA) is 28.7 Å². The van der Waals surface area contributed by atoms with E-state index >= 15 is 0 Å². The summed E-state index contributed by atoms with van der Waals surface area (Å²) in [5.41, 5.74) is 3.44. The van der Waals surface area contributed by atoms with Gasteiger partial charge in [0, 0.05) is 0 Å². The van der Waals surface area contributed by atoms with Gasteiger partial charge in [0.1, 0.15) is 5.82 Å². The number of aromatic amines is 1. The van der Waals surface area contributed by atoms with Crippen molar-refractivity contribution in [3.63, 3.8) is 0 Å². The predicted octanol–water partition coefficient (Wildman–Crippen LogP) is 2.82. The second-order valence-electron chi connectivity index (χ2n) is 2.84. The van der Waals surface area contributed by atoms with E-state index in [0.29, 0.717) is 0 Å². The van der Waals surface area contributed by atoms with Crippen LogP contribution in [0.3, 0.4) is 0 Å². The van der Waals surface area contributed by atoms with E-state index in [1.54, 1.807) is 0 Å². The molecule has 0 saturated carbocycles. The van der Waals surface area contributed by atoms with Crippen LogP contribution in [0.1, 0.15) is 18.8 Å². The van der Waals surface area contributed by atoms with E-state index in [-0.39, 0.29) is 7.43 Å². The molecular weight excluding hydrogens is 148 g/mol. The molecule has 0 aliphatic carbocycles. The molecule has 0 saturated heterocycles. The molecule has 1 aromatic heterocycles. The summed E-state index contributed by atoms with van der Waals surface area (Å²) in [7, 11) is 0. The van der Waals surface area contributed by atoms with E-state index in [0.717, 1.165) is 16.9 Å². The molecule has 1 aromatic carbocycles. The zero-order valence-electron chi connectivity index (χ0n) is 6.68. The predicted molar refractivity (Wildman–Crippen MR) is 52.3 cm³/mol. The van der Waals surface area contributed by atoms with Crippen molar-refractivity contribution in [2.24, 2.45) is 0 Å². The van der Waals surface area contributed by atoms with Crippen LogP contribution in [0.4, 0.5) is 0 Å². The van der Waals surface area contributed by atoms with E-state index in [4.69, 9.17) is 0 Å². The molecule has 12 heavy (non-hydrogen) atoms. The van der Waals surface area contributed by atoms with Crippen molar-refractivity contribution in [2.45, 2.75) is 21.3 Å².